The van der Waals surface area contributed by atoms with Gasteiger partial charge in [-0.3, -0.25) is 4.79 Å². The van der Waals surface area contributed by atoms with Gasteiger partial charge in [0.05, 0.1) is 12.0 Å². The number of aromatic nitrogens is 1. The van der Waals surface area contributed by atoms with Crippen molar-refractivity contribution in [2.24, 2.45) is 0 Å². The molecule has 5 rings (SSSR count). The van der Waals surface area contributed by atoms with E-state index in [9.17, 15) is 10.1 Å². The van der Waals surface area contributed by atoms with E-state index in [1.165, 1.54) is 12.7 Å². The Hall–Kier alpha value is -4.04. The number of carbonyl (C=O) groups is 1. The maximum atomic E-state index is 13.0. The average Bonchev–Trinajstić information content (AvgIpc) is 3.52. The van der Waals surface area contributed by atoms with Gasteiger partial charge in [-0.15, -0.1) is 0 Å². The molecule has 2 heterocycles. The van der Waals surface area contributed by atoms with Crippen LogP contribution in [0.1, 0.15) is 54.3 Å². The first-order chi connectivity index (χ1) is 16.3. The van der Waals surface area contributed by atoms with Crippen molar-refractivity contribution in [3.63, 3.8) is 0 Å². The van der Waals surface area contributed by atoms with Gasteiger partial charge in [0.25, 0.3) is 5.91 Å². The Labute approximate surface area is 193 Å². The number of nitrogens with zero attached hydrogens (tertiary/aromatic N) is 2. The highest BCUT2D eigenvalue weighted by atomic mass is 16.3. The van der Waals surface area contributed by atoms with Crippen molar-refractivity contribution in [1.29, 1.82) is 5.26 Å². The van der Waals surface area contributed by atoms with E-state index in [4.69, 9.17) is 4.42 Å². The Morgan fingerprint density at radius 3 is 2.18 bits per heavy atom. The molecule has 2 aromatic carbocycles. The van der Waals surface area contributed by atoms with Crippen molar-refractivity contribution in [2.45, 2.75) is 38.1 Å². The lowest BCUT2D eigenvalue weighted by molar-refractivity contribution is 0.0995. The molecule has 0 aliphatic heterocycles. The van der Waals surface area contributed by atoms with Gasteiger partial charge in [-0.25, -0.2) is 0 Å². The Morgan fingerprint density at radius 2 is 1.58 bits per heavy atom. The molecule has 1 saturated carbocycles. The van der Waals surface area contributed by atoms with Gasteiger partial charge in [0.1, 0.15) is 17.5 Å². The second kappa shape index (κ2) is 9.22. The average molecular weight is 436 g/mol. The molecule has 0 spiro atoms. The molecule has 1 amide bonds. The summed E-state index contributed by atoms with van der Waals surface area (Å²) < 4.78 is 7.53. The second-order valence-electron chi connectivity index (χ2n) is 8.38. The van der Waals surface area contributed by atoms with Crippen LogP contribution in [-0.4, -0.2) is 10.5 Å². The first-order valence-corrected chi connectivity index (χ1v) is 11.4. The standard InChI is InChI=1S/C28H25N3O2/c29-19-23-25(20-11-4-1-5-12-20)26(21-13-6-2-7-14-21)31(22-15-8-3-9-16-22)27(23)30-28(32)24-17-10-18-33-24/h1-2,4-7,10-14,17-18,22H,3,8-9,15-16H2,(H,30,32). The van der Waals surface area contributed by atoms with Crippen molar-refractivity contribution in [3.05, 3.63) is 90.4 Å². The summed E-state index contributed by atoms with van der Waals surface area (Å²) >= 11 is 0. The molecular formula is C28H25N3O2. The number of hydrogen-bond donors (Lipinski definition) is 1. The monoisotopic (exact) mass is 435 g/mol. The number of nitrogens with one attached hydrogen (secondary N) is 1. The normalized spacial score (nSPS) is 14.0. The summed E-state index contributed by atoms with van der Waals surface area (Å²) in [5.41, 5.74) is 4.28. The smallest absolute Gasteiger partial charge is 0.292 e. The van der Waals surface area contributed by atoms with Crippen LogP contribution in [0.25, 0.3) is 22.4 Å². The zero-order valence-electron chi connectivity index (χ0n) is 18.3. The molecule has 33 heavy (non-hydrogen) atoms. The summed E-state index contributed by atoms with van der Waals surface area (Å²) in [7, 11) is 0. The number of hydrogen-bond acceptors (Lipinski definition) is 3. The minimum Gasteiger partial charge on any atom is -0.459 e. The van der Waals surface area contributed by atoms with Gasteiger partial charge in [0.2, 0.25) is 0 Å². The van der Waals surface area contributed by atoms with E-state index in [1.807, 2.05) is 48.5 Å². The summed E-state index contributed by atoms with van der Waals surface area (Å²) in [6, 6.07) is 26.0. The molecule has 0 atom stereocenters. The maximum Gasteiger partial charge on any atom is 0.292 e. The molecule has 0 saturated heterocycles. The van der Waals surface area contributed by atoms with Gasteiger partial charge in [0, 0.05) is 11.6 Å². The number of anilines is 1. The number of carbonyl (C=O) groups excluding carboxylic acids is 1. The topological polar surface area (TPSA) is 71.0 Å². The predicted molar refractivity (Wildman–Crippen MR) is 129 cm³/mol. The molecule has 1 aliphatic rings. The van der Waals surface area contributed by atoms with Crippen molar-refractivity contribution in [2.75, 3.05) is 5.32 Å². The lowest BCUT2D eigenvalue weighted by atomic mass is 9.94. The lowest BCUT2D eigenvalue weighted by Gasteiger charge is -2.28. The highest BCUT2D eigenvalue weighted by Crippen LogP contribution is 2.46. The van der Waals surface area contributed by atoms with Crippen molar-refractivity contribution in [3.8, 4) is 28.5 Å². The fourth-order valence-electron chi connectivity index (χ4n) is 4.87. The van der Waals surface area contributed by atoms with Gasteiger partial charge in [-0.05, 0) is 36.1 Å². The van der Waals surface area contributed by atoms with Crippen molar-refractivity contribution >= 4 is 11.7 Å². The quantitative estimate of drug-likeness (QED) is 0.365. The lowest BCUT2D eigenvalue weighted by Crippen LogP contribution is -2.20. The third-order valence-corrected chi connectivity index (χ3v) is 6.34. The van der Waals surface area contributed by atoms with Gasteiger partial charge in [0.15, 0.2) is 5.76 Å². The van der Waals surface area contributed by atoms with E-state index in [0.29, 0.717) is 11.4 Å². The largest absolute Gasteiger partial charge is 0.459 e. The Bertz CT molecular complexity index is 1280. The summed E-state index contributed by atoms with van der Waals surface area (Å²) in [5, 5.41) is 13.4. The Morgan fingerprint density at radius 1 is 0.909 bits per heavy atom. The maximum absolute atomic E-state index is 13.0. The van der Waals surface area contributed by atoms with E-state index in [1.54, 1.807) is 12.1 Å². The van der Waals surface area contributed by atoms with Crippen LogP contribution in [0.4, 0.5) is 5.82 Å². The van der Waals surface area contributed by atoms with E-state index >= 15 is 0 Å². The molecule has 164 valence electrons. The highest BCUT2D eigenvalue weighted by Gasteiger charge is 2.31. The minimum atomic E-state index is -0.356. The van der Waals surface area contributed by atoms with E-state index in [0.717, 1.165) is 48.1 Å². The van der Waals surface area contributed by atoms with Crippen LogP contribution in [0.2, 0.25) is 0 Å². The van der Waals surface area contributed by atoms with Crippen LogP contribution in [0, 0.1) is 11.3 Å². The summed E-state index contributed by atoms with van der Waals surface area (Å²) in [6.45, 7) is 0. The molecule has 1 N–H and O–H groups in total. The molecule has 0 radical (unpaired) electrons. The zero-order chi connectivity index (χ0) is 22.6. The highest BCUT2D eigenvalue weighted by molar-refractivity contribution is 6.04. The molecule has 0 unspecified atom stereocenters. The van der Waals surface area contributed by atoms with Gasteiger partial charge in [-0.1, -0.05) is 79.9 Å². The van der Waals surface area contributed by atoms with E-state index in [2.05, 4.69) is 28.1 Å². The van der Waals surface area contributed by atoms with Crippen LogP contribution in [-0.2, 0) is 0 Å². The molecular weight excluding hydrogens is 410 g/mol. The van der Waals surface area contributed by atoms with Gasteiger partial charge < -0.3 is 14.3 Å². The number of benzene rings is 2. The van der Waals surface area contributed by atoms with Gasteiger partial charge in [-0.2, -0.15) is 5.26 Å². The third kappa shape index (κ3) is 3.96. The van der Waals surface area contributed by atoms with Crippen LogP contribution < -0.4 is 5.32 Å². The number of amides is 1. The first kappa shape index (κ1) is 20.8. The molecule has 0 bridgehead atoms. The molecule has 5 heteroatoms. The van der Waals surface area contributed by atoms with Gasteiger partial charge >= 0.3 is 0 Å². The van der Waals surface area contributed by atoms with Crippen LogP contribution in [0.3, 0.4) is 0 Å². The van der Waals surface area contributed by atoms with Crippen LogP contribution in [0.15, 0.2) is 83.5 Å². The first-order valence-electron chi connectivity index (χ1n) is 11.4. The molecule has 5 nitrogen and oxygen atoms in total. The fraction of sp³-hybridized carbons (Fsp3) is 0.214. The summed E-state index contributed by atoms with van der Waals surface area (Å²) in [4.78, 5) is 13.0. The molecule has 2 aromatic heterocycles. The summed E-state index contributed by atoms with van der Waals surface area (Å²) in [5.74, 6) is 0.409. The molecule has 4 aromatic rings. The molecule has 1 fully saturated rings. The number of furan rings is 1. The van der Waals surface area contributed by atoms with Crippen molar-refractivity contribution in [1.82, 2.24) is 4.57 Å². The second-order valence-corrected chi connectivity index (χ2v) is 8.38. The Balaban J connectivity index is 1.79. The number of nitriles is 1. The number of rotatable bonds is 5. The van der Waals surface area contributed by atoms with Crippen molar-refractivity contribution < 1.29 is 9.21 Å². The fourth-order valence-corrected chi connectivity index (χ4v) is 4.87. The van der Waals surface area contributed by atoms with Crippen LogP contribution in [0.5, 0.6) is 0 Å². The predicted octanol–water partition coefficient (Wildman–Crippen LogP) is 7.04. The van der Waals surface area contributed by atoms with E-state index in [-0.39, 0.29) is 17.7 Å². The minimum absolute atomic E-state index is 0.199. The Kier molecular flexibility index (Phi) is 5.82. The van der Waals surface area contributed by atoms with E-state index < -0.39 is 0 Å². The van der Waals surface area contributed by atoms with Crippen LogP contribution >= 0.6 is 0 Å². The zero-order valence-corrected chi connectivity index (χ0v) is 18.3. The SMILES string of the molecule is N#Cc1c(-c2ccccc2)c(-c2ccccc2)n(C2CCCCC2)c1NC(=O)c1ccco1. The summed E-state index contributed by atoms with van der Waals surface area (Å²) in [6.07, 6.45) is 6.97. The molecule has 1 aliphatic carbocycles. The third-order valence-electron chi connectivity index (χ3n) is 6.34.